The van der Waals surface area contributed by atoms with Crippen LogP contribution in [0.5, 0.6) is 5.75 Å². The van der Waals surface area contributed by atoms with Gasteiger partial charge in [-0.15, -0.1) is 0 Å². The molecule has 6 heteroatoms. The van der Waals surface area contributed by atoms with Crippen molar-refractivity contribution in [3.8, 4) is 5.75 Å². The molecule has 2 aromatic rings. The first-order valence-electron chi connectivity index (χ1n) is 11.2. The monoisotopic (exact) mass is 415 g/mol. The number of amides is 1. The molecule has 0 spiro atoms. The zero-order valence-corrected chi connectivity index (χ0v) is 18.5. The molecule has 1 aliphatic heterocycles. The highest BCUT2D eigenvalue weighted by Crippen LogP contribution is 2.35. The first kappa shape index (κ1) is 20.5. The van der Waals surface area contributed by atoms with Gasteiger partial charge in [0.25, 0.3) is 0 Å². The third-order valence-corrected chi connectivity index (χ3v) is 7.70. The summed E-state index contributed by atoms with van der Waals surface area (Å²) in [4.78, 5) is 22.2. The highest BCUT2D eigenvalue weighted by atomic mass is 32.1. The van der Waals surface area contributed by atoms with Crippen LogP contribution in [0, 0.1) is 11.8 Å². The van der Waals surface area contributed by atoms with Crippen molar-refractivity contribution >= 4 is 32.6 Å². The maximum Gasteiger partial charge on any atom is 0.225 e. The van der Waals surface area contributed by atoms with Crippen LogP contribution in [-0.4, -0.2) is 49.1 Å². The third-order valence-electron chi connectivity index (χ3n) is 6.61. The minimum absolute atomic E-state index is 0.256. The summed E-state index contributed by atoms with van der Waals surface area (Å²) in [6, 6.07) is 6.06. The number of carbonyl (C=O) groups is 1. The minimum atomic E-state index is 0.256. The number of fused-ring (bicyclic) bond motifs is 1. The lowest BCUT2D eigenvalue weighted by Gasteiger charge is -2.37. The van der Waals surface area contributed by atoms with Crippen molar-refractivity contribution in [2.75, 3.05) is 38.2 Å². The Morgan fingerprint density at radius 3 is 2.62 bits per heavy atom. The normalized spacial score (nSPS) is 22.8. The number of hydrogen-bond acceptors (Lipinski definition) is 5. The Kier molecular flexibility index (Phi) is 6.58. The topological polar surface area (TPSA) is 45.7 Å². The van der Waals surface area contributed by atoms with E-state index in [4.69, 9.17) is 9.72 Å². The number of aromatic nitrogens is 1. The van der Waals surface area contributed by atoms with Gasteiger partial charge in [0.15, 0.2) is 5.13 Å². The van der Waals surface area contributed by atoms with E-state index in [0.717, 1.165) is 66.0 Å². The van der Waals surface area contributed by atoms with E-state index >= 15 is 0 Å². The van der Waals surface area contributed by atoms with E-state index in [2.05, 4.69) is 22.8 Å². The van der Waals surface area contributed by atoms with Gasteiger partial charge in [0.2, 0.25) is 5.91 Å². The Morgan fingerprint density at radius 2 is 1.93 bits per heavy atom. The lowest BCUT2D eigenvalue weighted by molar-refractivity contribution is -0.137. The zero-order chi connectivity index (χ0) is 20.2. The van der Waals surface area contributed by atoms with E-state index < -0.39 is 0 Å². The van der Waals surface area contributed by atoms with E-state index in [1.54, 1.807) is 18.4 Å². The Hall–Kier alpha value is -1.82. The summed E-state index contributed by atoms with van der Waals surface area (Å²) in [6.45, 7) is 5.60. The van der Waals surface area contributed by atoms with E-state index in [-0.39, 0.29) is 5.92 Å². The number of benzene rings is 1. The van der Waals surface area contributed by atoms with Crippen LogP contribution >= 0.6 is 11.3 Å². The molecule has 0 atom stereocenters. The molecular formula is C23H33N3O2S. The number of para-hydroxylation sites is 1. The number of piperazine rings is 1. The van der Waals surface area contributed by atoms with Gasteiger partial charge in [0.1, 0.15) is 11.3 Å². The maximum atomic E-state index is 13.0. The van der Waals surface area contributed by atoms with Gasteiger partial charge in [-0.1, -0.05) is 43.6 Å². The van der Waals surface area contributed by atoms with Crippen LogP contribution in [0.25, 0.3) is 10.2 Å². The van der Waals surface area contributed by atoms with Crippen LogP contribution in [0.1, 0.15) is 51.9 Å². The van der Waals surface area contributed by atoms with Crippen LogP contribution in [0.2, 0.25) is 0 Å². The fourth-order valence-electron chi connectivity index (χ4n) is 4.78. The summed E-state index contributed by atoms with van der Waals surface area (Å²) in [5.41, 5.74) is 0.938. The summed E-state index contributed by atoms with van der Waals surface area (Å²) in [7, 11) is 1.69. The van der Waals surface area contributed by atoms with Crippen LogP contribution < -0.4 is 9.64 Å². The smallest absolute Gasteiger partial charge is 0.225 e. The van der Waals surface area contributed by atoms with Crippen LogP contribution in [0.3, 0.4) is 0 Å². The molecule has 0 radical (unpaired) electrons. The Labute approximate surface area is 178 Å². The van der Waals surface area contributed by atoms with E-state index in [9.17, 15) is 4.79 Å². The molecule has 1 amide bonds. The molecule has 5 nitrogen and oxygen atoms in total. The highest BCUT2D eigenvalue weighted by molar-refractivity contribution is 7.22. The van der Waals surface area contributed by atoms with Crippen molar-refractivity contribution in [2.24, 2.45) is 11.8 Å². The van der Waals surface area contributed by atoms with Gasteiger partial charge in [-0.05, 0) is 43.7 Å². The number of rotatable bonds is 6. The molecule has 2 heterocycles. The molecule has 158 valence electrons. The first-order chi connectivity index (χ1) is 14.2. The van der Waals surface area contributed by atoms with Crippen molar-refractivity contribution in [1.82, 2.24) is 9.88 Å². The molecule has 1 aromatic carbocycles. The number of ether oxygens (including phenoxy) is 1. The van der Waals surface area contributed by atoms with Gasteiger partial charge in [-0.3, -0.25) is 4.79 Å². The predicted molar refractivity (Wildman–Crippen MR) is 120 cm³/mol. The molecular weight excluding hydrogens is 382 g/mol. The summed E-state index contributed by atoms with van der Waals surface area (Å²) < 4.78 is 6.60. The predicted octanol–water partition coefficient (Wildman–Crippen LogP) is 4.95. The second-order valence-electron chi connectivity index (χ2n) is 8.48. The quantitative estimate of drug-likeness (QED) is 0.670. The van der Waals surface area contributed by atoms with E-state index in [1.165, 1.54) is 32.1 Å². The van der Waals surface area contributed by atoms with Gasteiger partial charge in [-0.25, -0.2) is 4.98 Å². The number of methoxy groups -OCH3 is 1. The van der Waals surface area contributed by atoms with Gasteiger partial charge in [-0.2, -0.15) is 0 Å². The lowest BCUT2D eigenvalue weighted by Crippen LogP contribution is -2.50. The number of thiazole rings is 1. The standard InChI is InChI=1S/C23H33N3O2S/c1-3-4-6-17-9-11-18(12-10-17)22(27)25-13-15-26(16-14-25)23-24-21-19(28-2)7-5-8-20(21)29-23/h5,7-8,17-18H,3-4,6,9-16H2,1-2H3. The Balaban J connectivity index is 1.31. The molecule has 4 rings (SSSR count). The molecule has 0 bridgehead atoms. The van der Waals surface area contributed by atoms with E-state index in [0.29, 0.717) is 5.91 Å². The molecule has 1 saturated carbocycles. The summed E-state index contributed by atoms with van der Waals surface area (Å²) in [5.74, 6) is 2.33. The summed E-state index contributed by atoms with van der Waals surface area (Å²) in [5, 5.41) is 1.04. The number of unbranched alkanes of at least 4 members (excludes halogenated alkanes) is 1. The fourth-order valence-corrected chi connectivity index (χ4v) is 5.81. The lowest BCUT2D eigenvalue weighted by atomic mass is 9.79. The third kappa shape index (κ3) is 4.52. The number of carbonyl (C=O) groups excluding carboxylic acids is 1. The number of anilines is 1. The molecule has 29 heavy (non-hydrogen) atoms. The van der Waals surface area contributed by atoms with Gasteiger partial charge in [0, 0.05) is 32.1 Å². The summed E-state index contributed by atoms with van der Waals surface area (Å²) >= 11 is 1.71. The van der Waals surface area contributed by atoms with Crippen molar-refractivity contribution in [1.29, 1.82) is 0 Å². The summed E-state index contributed by atoms with van der Waals surface area (Å²) in [6.07, 6.45) is 8.63. The molecule has 2 fully saturated rings. The van der Waals surface area contributed by atoms with Gasteiger partial charge < -0.3 is 14.5 Å². The van der Waals surface area contributed by atoms with Crippen molar-refractivity contribution in [2.45, 2.75) is 51.9 Å². The van der Waals surface area contributed by atoms with Gasteiger partial charge in [0.05, 0.1) is 11.8 Å². The van der Waals surface area contributed by atoms with Crippen molar-refractivity contribution < 1.29 is 9.53 Å². The Morgan fingerprint density at radius 1 is 1.17 bits per heavy atom. The largest absolute Gasteiger partial charge is 0.494 e. The maximum absolute atomic E-state index is 13.0. The average molecular weight is 416 g/mol. The van der Waals surface area contributed by atoms with E-state index in [1.807, 2.05) is 12.1 Å². The zero-order valence-electron chi connectivity index (χ0n) is 17.7. The molecule has 0 unspecified atom stereocenters. The second-order valence-corrected chi connectivity index (χ2v) is 9.48. The molecule has 2 aliphatic rings. The molecule has 1 aliphatic carbocycles. The number of hydrogen-bond donors (Lipinski definition) is 0. The molecule has 1 saturated heterocycles. The molecule has 0 N–H and O–H groups in total. The fraction of sp³-hybridized carbons (Fsp3) is 0.652. The van der Waals surface area contributed by atoms with Crippen molar-refractivity contribution in [3.05, 3.63) is 18.2 Å². The SMILES string of the molecule is CCCCC1CCC(C(=O)N2CCN(c3nc4c(OC)cccc4s3)CC2)CC1. The van der Waals surface area contributed by atoms with Gasteiger partial charge >= 0.3 is 0 Å². The average Bonchev–Trinajstić information content (AvgIpc) is 3.22. The first-order valence-corrected chi connectivity index (χ1v) is 12.0. The second kappa shape index (κ2) is 9.33. The van der Waals surface area contributed by atoms with Crippen LogP contribution in [-0.2, 0) is 4.79 Å². The highest BCUT2D eigenvalue weighted by Gasteiger charge is 2.31. The van der Waals surface area contributed by atoms with Crippen LogP contribution in [0.4, 0.5) is 5.13 Å². The molecule has 1 aromatic heterocycles. The minimum Gasteiger partial charge on any atom is -0.494 e. The van der Waals surface area contributed by atoms with Crippen LogP contribution in [0.15, 0.2) is 18.2 Å². The van der Waals surface area contributed by atoms with Crippen molar-refractivity contribution in [3.63, 3.8) is 0 Å². The number of nitrogens with zero attached hydrogens (tertiary/aromatic N) is 3. The Bertz CT molecular complexity index is 821.